The molecule has 1 fully saturated rings. The molecule has 2 heterocycles. The molecule has 0 bridgehead atoms. The Morgan fingerprint density at radius 2 is 1.97 bits per heavy atom. The lowest BCUT2D eigenvalue weighted by molar-refractivity contribution is -0.120. The number of hydrogen-bond acceptors (Lipinski definition) is 5. The molecule has 1 aromatic heterocycles. The summed E-state index contributed by atoms with van der Waals surface area (Å²) in [6.45, 7) is 5.95. The van der Waals surface area contributed by atoms with Gasteiger partial charge in [-0.25, -0.2) is 0 Å². The van der Waals surface area contributed by atoms with E-state index in [2.05, 4.69) is 10.5 Å². The molecule has 2 aromatic rings. The summed E-state index contributed by atoms with van der Waals surface area (Å²) in [5.41, 5.74) is 0.749. The first-order chi connectivity index (χ1) is 13.6. The molecule has 29 heavy (non-hydrogen) atoms. The first-order valence-corrected chi connectivity index (χ1v) is 9.50. The van der Waals surface area contributed by atoms with Crippen LogP contribution in [-0.4, -0.2) is 47.9 Å². The van der Waals surface area contributed by atoms with Gasteiger partial charge in [0.1, 0.15) is 11.8 Å². The molecule has 8 heteroatoms. The number of nitrogens with one attached hydrogen (secondary N) is 1. The molecule has 1 saturated heterocycles. The molecule has 0 radical (unpaired) electrons. The Morgan fingerprint density at radius 3 is 2.59 bits per heavy atom. The van der Waals surface area contributed by atoms with Gasteiger partial charge in [0.15, 0.2) is 5.82 Å². The number of carbonyl (C=O) groups is 3. The van der Waals surface area contributed by atoms with Crippen LogP contribution in [0, 0.1) is 0 Å². The molecule has 1 N–H and O–H groups in total. The highest BCUT2D eigenvalue weighted by molar-refractivity contribution is 6.08. The fourth-order valence-electron chi connectivity index (χ4n) is 3.20. The minimum Gasteiger partial charge on any atom is -0.359 e. The van der Waals surface area contributed by atoms with Crippen molar-refractivity contribution in [3.8, 4) is 0 Å². The molecule has 1 aliphatic heterocycles. The maximum atomic E-state index is 12.9. The molecule has 0 unspecified atom stereocenters. The summed E-state index contributed by atoms with van der Waals surface area (Å²) < 4.78 is 5.30. The van der Waals surface area contributed by atoms with Gasteiger partial charge in [-0.2, -0.15) is 0 Å². The van der Waals surface area contributed by atoms with Crippen molar-refractivity contribution >= 4 is 29.2 Å². The van der Waals surface area contributed by atoms with Crippen molar-refractivity contribution in [3.63, 3.8) is 0 Å². The molecule has 3 rings (SSSR count). The predicted octanol–water partition coefficient (Wildman–Crippen LogP) is 2.81. The Balaban J connectivity index is 1.82. The van der Waals surface area contributed by atoms with E-state index >= 15 is 0 Å². The number of hydrogen-bond donors (Lipinski definition) is 1. The maximum absolute atomic E-state index is 12.9. The molecule has 0 aliphatic carbocycles. The number of benzene rings is 1. The van der Waals surface area contributed by atoms with Gasteiger partial charge in [0, 0.05) is 43.2 Å². The highest BCUT2D eigenvalue weighted by Gasteiger charge is 2.37. The quantitative estimate of drug-likeness (QED) is 0.854. The lowest BCUT2D eigenvalue weighted by Gasteiger charge is -2.24. The number of anilines is 2. The summed E-state index contributed by atoms with van der Waals surface area (Å²) in [5.74, 6) is 0.304. The molecule has 0 spiro atoms. The van der Waals surface area contributed by atoms with Gasteiger partial charge in [0.05, 0.1) is 0 Å². The van der Waals surface area contributed by atoms with Crippen LogP contribution in [-0.2, 0) is 15.0 Å². The van der Waals surface area contributed by atoms with Crippen LogP contribution < -0.4 is 10.2 Å². The van der Waals surface area contributed by atoms with E-state index < -0.39 is 6.04 Å². The van der Waals surface area contributed by atoms with Gasteiger partial charge in [-0.05, 0) is 24.6 Å². The van der Waals surface area contributed by atoms with Gasteiger partial charge in [0.25, 0.3) is 5.91 Å². The van der Waals surface area contributed by atoms with Crippen LogP contribution >= 0.6 is 0 Å². The van der Waals surface area contributed by atoms with Gasteiger partial charge >= 0.3 is 0 Å². The fourth-order valence-corrected chi connectivity index (χ4v) is 3.20. The zero-order valence-corrected chi connectivity index (χ0v) is 17.4. The lowest BCUT2D eigenvalue weighted by Crippen LogP contribution is -2.42. The summed E-state index contributed by atoms with van der Waals surface area (Å²) in [6.07, 6.45) is 0.649. The number of rotatable bonds is 4. The van der Waals surface area contributed by atoms with Gasteiger partial charge < -0.3 is 14.7 Å². The van der Waals surface area contributed by atoms with Crippen molar-refractivity contribution in [2.24, 2.45) is 0 Å². The zero-order valence-electron chi connectivity index (χ0n) is 17.4. The molecule has 8 nitrogen and oxygen atoms in total. The first-order valence-electron chi connectivity index (χ1n) is 9.50. The van der Waals surface area contributed by atoms with Crippen molar-refractivity contribution in [2.75, 3.05) is 24.3 Å². The van der Waals surface area contributed by atoms with E-state index in [1.165, 1.54) is 9.80 Å². The summed E-state index contributed by atoms with van der Waals surface area (Å²) in [5, 5.41) is 6.65. The molecule has 3 amide bonds. The Hall–Kier alpha value is -3.16. The number of aromatic nitrogens is 1. The van der Waals surface area contributed by atoms with Crippen molar-refractivity contribution in [3.05, 3.63) is 41.7 Å². The minimum atomic E-state index is -0.679. The first kappa shape index (κ1) is 20.6. The average Bonchev–Trinajstić information content (AvgIpc) is 3.27. The molecule has 1 atom stereocenters. The Morgan fingerprint density at radius 1 is 1.24 bits per heavy atom. The molecule has 154 valence electrons. The zero-order chi connectivity index (χ0) is 21.3. The van der Waals surface area contributed by atoms with E-state index in [0.29, 0.717) is 29.2 Å². The van der Waals surface area contributed by atoms with Crippen molar-refractivity contribution in [1.29, 1.82) is 0 Å². The van der Waals surface area contributed by atoms with Crippen molar-refractivity contribution in [1.82, 2.24) is 10.1 Å². The second kappa shape index (κ2) is 7.69. The normalized spacial score (nSPS) is 16.8. The van der Waals surface area contributed by atoms with E-state index in [1.54, 1.807) is 44.4 Å². The Bertz CT molecular complexity index is 942. The Kier molecular flexibility index (Phi) is 5.46. The van der Waals surface area contributed by atoms with Gasteiger partial charge in [-0.1, -0.05) is 32.0 Å². The number of carbonyl (C=O) groups excluding carboxylic acids is 3. The SMILES string of the molecule is CN(C)C(=O)c1cccc(N2C(=O)CC[C@H]2C(=O)Nc2cc(C(C)(C)C)on2)c1. The molecule has 0 saturated carbocycles. The summed E-state index contributed by atoms with van der Waals surface area (Å²) in [7, 11) is 3.33. The largest absolute Gasteiger partial charge is 0.359 e. The van der Waals surface area contributed by atoms with E-state index in [4.69, 9.17) is 4.52 Å². The topological polar surface area (TPSA) is 95.8 Å². The third-order valence-electron chi connectivity index (χ3n) is 4.79. The van der Waals surface area contributed by atoms with Gasteiger partial charge in [0.2, 0.25) is 11.8 Å². The summed E-state index contributed by atoms with van der Waals surface area (Å²) in [6, 6.07) is 7.77. The standard InChI is InChI=1S/C21H26N4O4/c1-21(2,3)16-12-17(23-29-16)22-19(27)15-9-10-18(26)25(15)14-8-6-7-13(11-14)20(28)24(4)5/h6-8,11-12,15H,9-10H2,1-5H3,(H,22,23,27)/t15-/m0/s1. The lowest BCUT2D eigenvalue weighted by atomic mass is 9.93. The second-order valence-corrected chi connectivity index (χ2v) is 8.38. The monoisotopic (exact) mass is 398 g/mol. The molecule has 1 aliphatic rings. The third-order valence-corrected chi connectivity index (χ3v) is 4.79. The maximum Gasteiger partial charge on any atom is 0.253 e. The highest BCUT2D eigenvalue weighted by atomic mass is 16.5. The summed E-state index contributed by atoms with van der Waals surface area (Å²) >= 11 is 0. The van der Waals surface area contributed by atoms with Crippen LogP contribution in [0.1, 0.15) is 49.7 Å². The molecule has 1 aromatic carbocycles. The average molecular weight is 398 g/mol. The van der Waals surface area contributed by atoms with Crippen LogP contribution in [0.5, 0.6) is 0 Å². The van der Waals surface area contributed by atoms with E-state index in [9.17, 15) is 14.4 Å². The predicted molar refractivity (Wildman–Crippen MR) is 109 cm³/mol. The molecular formula is C21H26N4O4. The summed E-state index contributed by atoms with van der Waals surface area (Å²) in [4.78, 5) is 40.6. The number of amides is 3. The van der Waals surface area contributed by atoms with Crippen LogP contribution in [0.15, 0.2) is 34.9 Å². The van der Waals surface area contributed by atoms with Crippen molar-refractivity contribution < 1.29 is 18.9 Å². The van der Waals surface area contributed by atoms with Gasteiger partial charge in [-0.15, -0.1) is 0 Å². The Labute approximate surface area is 169 Å². The fraction of sp³-hybridized carbons (Fsp3) is 0.429. The third kappa shape index (κ3) is 4.31. The number of nitrogens with zero attached hydrogens (tertiary/aromatic N) is 3. The van der Waals surface area contributed by atoms with Gasteiger partial charge in [-0.3, -0.25) is 19.3 Å². The van der Waals surface area contributed by atoms with Crippen LogP contribution in [0.25, 0.3) is 0 Å². The van der Waals surface area contributed by atoms with E-state index in [1.807, 2.05) is 20.8 Å². The van der Waals surface area contributed by atoms with Crippen molar-refractivity contribution in [2.45, 2.75) is 45.1 Å². The smallest absolute Gasteiger partial charge is 0.253 e. The van der Waals surface area contributed by atoms with Crippen LogP contribution in [0.3, 0.4) is 0 Å². The highest BCUT2D eigenvalue weighted by Crippen LogP contribution is 2.29. The van der Waals surface area contributed by atoms with E-state index in [-0.39, 0.29) is 29.6 Å². The minimum absolute atomic E-state index is 0.157. The second-order valence-electron chi connectivity index (χ2n) is 8.38. The molecular weight excluding hydrogens is 372 g/mol. The van der Waals surface area contributed by atoms with Crippen LogP contribution in [0.2, 0.25) is 0 Å². The van der Waals surface area contributed by atoms with E-state index in [0.717, 1.165) is 0 Å². The van der Waals surface area contributed by atoms with Crippen LogP contribution in [0.4, 0.5) is 11.5 Å².